The summed E-state index contributed by atoms with van der Waals surface area (Å²) in [6.45, 7) is 5.88. The topological polar surface area (TPSA) is 104 Å². The molecule has 3 heterocycles. The van der Waals surface area contributed by atoms with Crippen LogP contribution in [0.3, 0.4) is 0 Å². The van der Waals surface area contributed by atoms with E-state index < -0.39 is 16.9 Å². The van der Waals surface area contributed by atoms with E-state index in [1.807, 2.05) is 31.4 Å². The van der Waals surface area contributed by atoms with Crippen molar-refractivity contribution in [1.82, 2.24) is 4.57 Å². The minimum atomic E-state index is -0.672. The van der Waals surface area contributed by atoms with Crippen molar-refractivity contribution in [2.45, 2.75) is 26.8 Å². The lowest BCUT2D eigenvalue weighted by atomic mass is 10.0. The van der Waals surface area contributed by atoms with Crippen molar-refractivity contribution in [3.05, 3.63) is 93.3 Å². The van der Waals surface area contributed by atoms with Crippen LogP contribution in [-0.2, 0) is 9.53 Å². The summed E-state index contributed by atoms with van der Waals surface area (Å²) < 4.78 is 7.28. The third-order valence-electron chi connectivity index (χ3n) is 5.02. The zero-order chi connectivity index (χ0) is 23.7. The maximum absolute atomic E-state index is 13.5. The number of carbonyl (C=O) groups excluding carboxylic acids is 1. The van der Waals surface area contributed by atoms with Crippen LogP contribution in [0.4, 0.5) is 5.69 Å². The Kier molecular flexibility index (Phi) is 6.39. The molecule has 1 atom stereocenters. The number of aromatic nitrogens is 1. The van der Waals surface area contributed by atoms with Crippen molar-refractivity contribution in [3.8, 4) is 0 Å². The van der Waals surface area contributed by atoms with E-state index >= 15 is 0 Å². The Labute approximate surface area is 197 Å². The molecule has 1 aromatic carbocycles. The third kappa shape index (κ3) is 4.44. The predicted octanol–water partition coefficient (Wildman–Crippen LogP) is 3.40. The number of hydrogen-bond acceptors (Lipinski definition) is 8. The number of fused-ring (bicyclic) bond motifs is 1. The van der Waals surface area contributed by atoms with Gasteiger partial charge >= 0.3 is 5.97 Å². The van der Waals surface area contributed by atoms with Gasteiger partial charge in [-0.1, -0.05) is 43.4 Å². The highest BCUT2D eigenvalue weighted by Gasteiger charge is 2.34. The summed E-state index contributed by atoms with van der Waals surface area (Å²) in [5.41, 5.74) is 0.681. The van der Waals surface area contributed by atoms with Gasteiger partial charge in [0.2, 0.25) is 0 Å². The van der Waals surface area contributed by atoms with Crippen LogP contribution in [0, 0.1) is 16.0 Å². The molecule has 4 rings (SSSR count). The molecule has 3 aromatic rings. The first-order valence-corrected chi connectivity index (χ1v) is 11.9. The standard InChI is InChI=1S/C23H21N3O5S2/c1-13(2)12-31-22(28)19-14(3)24-23-25(20(19)17-9-6-10-32-17)21(27)18(33-23)11-15-7-4-5-8-16(15)26(29)30/h4-11,13,20H,12H2,1-3H3. The van der Waals surface area contributed by atoms with Crippen LogP contribution < -0.4 is 14.9 Å². The summed E-state index contributed by atoms with van der Waals surface area (Å²) in [6.07, 6.45) is 1.50. The second-order valence-corrected chi connectivity index (χ2v) is 9.89. The molecule has 10 heteroatoms. The van der Waals surface area contributed by atoms with Crippen LogP contribution in [0.2, 0.25) is 0 Å². The third-order valence-corrected chi connectivity index (χ3v) is 6.93. The van der Waals surface area contributed by atoms with E-state index in [1.54, 1.807) is 25.1 Å². The molecule has 1 aliphatic heterocycles. The maximum atomic E-state index is 13.5. The lowest BCUT2D eigenvalue weighted by Gasteiger charge is -2.23. The zero-order valence-corrected chi connectivity index (χ0v) is 19.8. The fourth-order valence-electron chi connectivity index (χ4n) is 3.54. The van der Waals surface area contributed by atoms with Gasteiger partial charge in [-0.3, -0.25) is 19.5 Å². The van der Waals surface area contributed by atoms with E-state index in [-0.39, 0.29) is 23.8 Å². The number of nitrogens with zero attached hydrogens (tertiary/aromatic N) is 3. The van der Waals surface area contributed by atoms with E-state index in [4.69, 9.17) is 4.74 Å². The molecule has 0 saturated carbocycles. The number of esters is 1. The van der Waals surface area contributed by atoms with Gasteiger partial charge in [0, 0.05) is 10.9 Å². The summed E-state index contributed by atoms with van der Waals surface area (Å²) in [5.74, 6) is -0.339. The van der Waals surface area contributed by atoms with Crippen molar-refractivity contribution in [3.63, 3.8) is 0 Å². The highest BCUT2D eigenvalue weighted by molar-refractivity contribution is 7.10. The van der Waals surface area contributed by atoms with E-state index in [2.05, 4.69) is 4.99 Å². The van der Waals surface area contributed by atoms with Gasteiger partial charge in [0.25, 0.3) is 11.2 Å². The average Bonchev–Trinajstić information content (AvgIpc) is 3.40. The Bertz CT molecular complexity index is 1430. The normalized spacial score (nSPS) is 16.0. The number of ether oxygens (including phenoxy) is 1. The summed E-state index contributed by atoms with van der Waals surface area (Å²) in [7, 11) is 0. The number of para-hydroxylation sites is 1. The minimum absolute atomic E-state index is 0.0905. The Hall–Kier alpha value is -3.37. The van der Waals surface area contributed by atoms with E-state index in [0.717, 1.165) is 16.2 Å². The second-order valence-electron chi connectivity index (χ2n) is 7.91. The Morgan fingerprint density at radius 2 is 2.06 bits per heavy atom. The first kappa shape index (κ1) is 22.8. The fraction of sp³-hybridized carbons (Fsp3) is 0.261. The molecular formula is C23H21N3O5S2. The molecule has 0 spiro atoms. The number of nitro groups is 1. The zero-order valence-electron chi connectivity index (χ0n) is 18.2. The molecule has 0 amide bonds. The van der Waals surface area contributed by atoms with Gasteiger partial charge in [-0.15, -0.1) is 11.3 Å². The highest BCUT2D eigenvalue weighted by atomic mass is 32.1. The molecule has 1 aliphatic rings. The van der Waals surface area contributed by atoms with Crippen molar-refractivity contribution in [1.29, 1.82) is 0 Å². The maximum Gasteiger partial charge on any atom is 0.338 e. The lowest BCUT2D eigenvalue weighted by molar-refractivity contribution is -0.385. The molecule has 170 valence electrons. The first-order valence-electron chi connectivity index (χ1n) is 10.2. The summed E-state index contributed by atoms with van der Waals surface area (Å²) in [6, 6.07) is 9.29. The van der Waals surface area contributed by atoms with Gasteiger partial charge in [0.15, 0.2) is 4.80 Å². The van der Waals surface area contributed by atoms with Crippen LogP contribution in [0.1, 0.15) is 37.3 Å². The van der Waals surface area contributed by atoms with Crippen molar-refractivity contribution < 1.29 is 14.5 Å². The smallest absolute Gasteiger partial charge is 0.338 e. The molecule has 0 aliphatic carbocycles. The van der Waals surface area contributed by atoms with Crippen LogP contribution in [0.25, 0.3) is 6.08 Å². The number of nitro benzene ring substituents is 1. The number of thiazole rings is 1. The molecule has 1 unspecified atom stereocenters. The Morgan fingerprint density at radius 1 is 1.30 bits per heavy atom. The van der Waals surface area contributed by atoms with Crippen LogP contribution in [-0.4, -0.2) is 22.1 Å². The fourth-order valence-corrected chi connectivity index (χ4v) is 5.40. The molecule has 0 saturated heterocycles. The highest BCUT2D eigenvalue weighted by Crippen LogP contribution is 2.33. The molecule has 0 fully saturated rings. The lowest BCUT2D eigenvalue weighted by Crippen LogP contribution is -2.39. The monoisotopic (exact) mass is 483 g/mol. The van der Waals surface area contributed by atoms with Crippen LogP contribution >= 0.6 is 22.7 Å². The van der Waals surface area contributed by atoms with Gasteiger partial charge in [0.05, 0.1) is 32.9 Å². The van der Waals surface area contributed by atoms with Crippen molar-refractivity contribution >= 4 is 40.4 Å². The predicted molar refractivity (Wildman–Crippen MR) is 127 cm³/mol. The summed E-state index contributed by atoms with van der Waals surface area (Å²) in [5, 5.41) is 13.3. The molecule has 2 aromatic heterocycles. The van der Waals surface area contributed by atoms with Crippen molar-refractivity contribution in [2.75, 3.05) is 6.61 Å². The van der Waals surface area contributed by atoms with Gasteiger partial charge in [0.1, 0.15) is 6.04 Å². The second kappa shape index (κ2) is 9.24. The number of benzene rings is 1. The molecule has 0 radical (unpaired) electrons. The SMILES string of the molecule is CC1=C(C(=O)OCC(C)C)C(c2cccs2)n2c(sc(=Cc3ccccc3[N+](=O)[O-])c2=O)=N1. The van der Waals surface area contributed by atoms with E-state index in [1.165, 1.54) is 28.0 Å². The average molecular weight is 484 g/mol. The number of carbonyl (C=O) groups is 1. The molecule has 0 N–H and O–H groups in total. The van der Waals surface area contributed by atoms with Gasteiger partial charge in [-0.05, 0) is 36.4 Å². The Balaban J connectivity index is 1.90. The van der Waals surface area contributed by atoms with Crippen LogP contribution in [0.15, 0.2) is 62.8 Å². The summed E-state index contributed by atoms with van der Waals surface area (Å²) >= 11 is 2.57. The van der Waals surface area contributed by atoms with Gasteiger partial charge < -0.3 is 4.74 Å². The van der Waals surface area contributed by atoms with Gasteiger partial charge in [-0.25, -0.2) is 9.79 Å². The Morgan fingerprint density at radius 3 is 2.73 bits per heavy atom. The number of rotatable bonds is 6. The first-order chi connectivity index (χ1) is 15.8. The van der Waals surface area contributed by atoms with Crippen molar-refractivity contribution in [2.24, 2.45) is 10.9 Å². The quantitative estimate of drug-likeness (QED) is 0.304. The molecule has 0 bridgehead atoms. The van der Waals surface area contributed by atoms with Crippen LogP contribution in [0.5, 0.6) is 0 Å². The number of allylic oxidation sites excluding steroid dienone is 1. The van der Waals surface area contributed by atoms with Gasteiger partial charge in [-0.2, -0.15) is 0 Å². The van der Waals surface area contributed by atoms with E-state index in [0.29, 0.717) is 26.2 Å². The molecule has 33 heavy (non-hydrogen) atoms. The number of thiophene rings is 1. The minimum Gasteiger partial charge on any atom is -0.462 e. The summed E-state index contributed by atoms with van der Waals surface area (Å²) in [4.78, 5) is 43.2. The number of hydrogen-bond donors (Lipinski definition) is 0. The molecule has 8 nitrogen and oxygen atoms in total. The largest absolute Gasteiger partial charge is 0.462 e. The van der Waals surface area contributed by atoms with E-state index in [9.17, 15) is 19.7 Å². The molecular weight excluding hydrogens is 462 g/mol.